The summed E-state index contributed by atoms with van der Waals surface area (Å²) in [6.07, 6.45) is 2.53. The Bertz CT molecular complexity index is 451. The summed E-state index contributed by atoms with van der Waals surface area (Å²) >= 11 is 0. The van der Waals surface area contributed by atoms with Gasteiger partial charge in [-0.3, -0.25) is 0 Å². The molecule has 1 aliphatic rings. The normalized spacial score (nSPS) is 19.0. The van der Waals surface area contributed by atoms with Gasteiger partial charge < -0.3 is 15.3 Å². The summed E-state index contributed by atoms with van der Waals surface area (Å²) in [5, 5.41) is 13.6. The van der Waals surface area contributed by atoms with Gasteiger partial charge in [0.2, 0.25) is 0 Å². The number of aromatic hydroxyl groups is 1. The number of nitrogens with one attached hydrogen (secondary N) is 1. The number of phenols is 1. The van der Waals surface area contributed by atoms with Crippen LogP contribution in [0.5, 0.6) is 5.75 Å². The van der Waals surface area contributed by atoms with E-state index in [1.807, 2.05) is 19.9 Å². The summed E-state index contributed by atoms with van der Waals surface area (Å²) in [5.41, 5.74) is 2.97. The molecular weight excluding hydrogens is 248 g/mol. The molecule has 1 atom stereocenters. The number of hydrogen-bond acceptors (Lipinski definition) is 3. The topological polar surface area (TPSA) is 35.5 Å². The minimum atomic E-state index is 0.419. The summed E-state index contributed by atoms with van der Waals surface area (Å²) in [4.78, 5) is 2.52. The van der Waals surface area contributed by atoms with Crippen molar-refractivity contribution in [1.29, 1.82) is 0 Å². The van der Waals surface area contributed by atoms with E-state index in [-0.39, 0.29) is 0 Å². The van der Waals surface area contributed by atoms with Crippen molar-refractivity contribution in [3.05, 3.63) is 23.3 Å². The molecule has 20 heavy (non-hydrogen) atoms. The molecular formula is C17H28N2O. The first-order valence-corrected chi connectivity index (χ1v) is 7.81. The molecule has 1 aliphatic heterocycles. The second-order valence-corrected chi connectivity index (χ2v) is 6.11. The molecule has 2 rings (SSSR count). The van der Waals surface area contributed by atoms with Crippen LogP contribution in [0.1, 0.15) is 37.8 Å². The van der Waals surface area contributed by atoms with Crippen LogP contribution in [0, 0.1) is 19.8 Å². The molecule has 0 aromatic heterocycles. The van der Waals surface area contributed by atoms with E-state index in [0.717, 1.165) is 22.7 Å². The predicted molar refractivity (Wildman–Crippen MR) is 85.5 cm³/mol. The lowest BCUT2D eigenvalue weighted by atomic mass is 9.90. The average molecular weight is 276 g/mol. The summed E-state index contributed by atoms with van der Waals surface area (Å²) in [5.74, 6) is 1.14. The molecule has 1 aromatic rings. The molecule has 112 valence electrons. The summed E-state index contributed by atoms with van der Waals surface area (Å²) in [6.45, 7) is 12.0. The highest BCUT2D eigenvalue weighted by molar-refractivity contribution is 5.59. The van der Waals surface area contributed by atoms with Crippen LogP contribution in [-0.4, -0.2) is 35.7 Å². The number of phenolic OH excluding ortho intramolecular Hbond substituents is 1. The van der Waals surface area contributed by atoms with E-state index in [9.17, 15) is 5.11 Å². The molecule has 0 saturated carbocycles. The Morgan fingerprint density at radius 3 is 2.55 bits per heavy atom. The van der Waals surface area contributed by atoms with E-state index < -0.39 is 0 Å². The Labute approximate surface area is 123 Å². The van der Waals surface area contributed by atoms with Crippen molar-refractivity contribution in [2.45, 2.75) is 46.6 Å². The van der Waals surface area contributed by atoms with E-state index in [4.69, 9.17) is 0 Å². The van der Waals surface area contributed by atoms with Crippen LogP contribution >= 0.6 is 0 Å². The minimum Gasteiger partial charge on any atom is -0.507 e. The Balaban J connectivity index is 1.98. The molecule has 1 fully saturated rings. The molecule has 1 heterocycles. The van der Waals surface area contributed by atoms with Crippen LogP contribution in [0.25, 0.3) is 0 Å². The molecule has 2 N–H and O–H groups in total. The van der Waals surface area contributed by atoms with E-state index in [1.165, 1.54) is 32.5 Å². The van der Waals surface area contributed by atoms with Crippen LogP contribution in [0.3, 0.4) is 0 Å². The number of anilines is 1. The van der Waals surface area contributed by atoms with E-state index in [0.29, 0.717) is 11.8 Å². The number of aryl methyl sites for hydroxylation is 1. The third-order valence-electron chi connectivity index (χ3n) is 4.80. The van der Waals surface area contributed by atoms with E-state index in [1.54, 1.807) is 0 Å². The van der Waals surface area contributed by atoms with Gasteiger partial charge in [0.1, 0.15) is 5.75 Å². The predicted octanol–water partition coefficient (Wildman–Crippen LogP) is 3.54. The second kappa shape index (κ2) is 6.49. The summed E-state index contributed by atoms with van der Waals surface area (Å²) in [6, 6.07) is 4.52. The van der Waals surface area contributed by atoms with Gasteiger partial charge in [-0.25, -0.2) is 0 Å². The Kier molecular flexibility index (Phi) is 4.92. The average Bonchev–Trinajstić information content (AvgIpc) is 2.48. The van der Waals surface area contributed by atoms with Crippen molar-refractivity contribution in [2.24, 2.45) is 5.92 Å². The molecule has 1 unspecified atom stereocenters. The van der Waals surface area contributed by atoms with Gasteiger partial charge in [-0.05, 0) is 70.8 Å². The molecule has 1 saturated heterocycles. The maximum atomic E-state index is 10.0. The SMILES string of the molecule is CCN1CCC(C(C)Nc2ccc(C)c(O)c2C)CC1. The number of likely N-dealkylation sites (tertiary alicyclic amines) is 1. The first-order valence-electron chi connectivity index (χ1n) is 7.81. The first-order chi connectivity index (χ1) is 9.52. The third kappa shape index (κ3) is 3.26. The zero-order valence-corrected chi connectivity index (χ0v) is 13.2. The third-order valence-corrected chi connectivity index (χ3v) is 4.80. The van der Waals surface area contributed by atoms with Gasteiger partial charge >= 0.3 is 0 Å². The maximum Gasteiger partial charge on any atom is 0.123 e. The number of nitrogens with zero attached hydrogens (tertiary/aromatic N) is 1. The molecule has 0 radical (unpaired) electrons. The second-order valence-electron chi connectivity index (χ2n) is 6.11. The fourth-order valence-electron chi connectivity index (χ4n) is 3.12. The highest BCUT2D eigenvalue weighted by Gasteiger charge is 2.23. The van der Waals surface area contributed by atoms with Crippen LogP contribution < -0.4 is 5.32 Å². The lowest BCUT2D eigenvalue weighted by Crippen LogP contribution is -2.39. The van der Waals surface area contributed by atoms with Gasteiger partial charge in [0.25, 0.3) is 0 Å². The fourth-order valence-corrected chi connectivity index (χ4v) is 3.12. The van der Waals surface area contributed by atoms with E-state index in [2.05, 4.69) is 30.1 Å². The van der Waals surface area contributed by atoms with E-state index >= 15 is 0 Å². The van der Waals surface area contributed by atoms with Crippen LogP contribution in [0.2, 0.25) is 0 Å². The monoisotopic (exact) mass is 276 g/mol. The molecule has 1 aromatic carbocycles. The highest BCUT2D eigenvalue weighted by atomic mass is 16.3. The molecule has 0 spiro atoms. The van der Waals surface area contributed by atoms with Crippen LogP contribution in [0.15, 0.2) is 12.1 Å². The molecule has 3 nitrogen and oxygen atoms in total. The lowest BCUT2D eigenvalue weighted by molar-refractivity contribution is 0.183. The Morgan fingerprint density at radius 1 is 1.30 bits per heavy atom. The van der Waals surface area contributed by atoms with Crippen molar-refractivity contribution < 1.29 is 5.11 Å². The fraction of sp³-hybridized carbons (Fsp3) is 0.647. The zero-order chi connectivity index (χ0) is 14.7. The number of rotatable bonds is 4. The standard InChI is InChI=1S/C17H28N2O/c1-5-19-10-8-15(9-11-19)14(4)18-16-7-6-12(2)17(20)13(16)3/h6-7,14-15,18,20H,5,8-11H2,1-4H3. The maximum absolute atomic E-state index is 10.0. The van der Waals surface area contributed by atoms with Crippen molar-refractivity contribution in [1.82, 2.24) is 4.90 Å². The number of benzene rings is 1. The largest absolute Gasteiger partial charge is 0.507 e. The van der Waals surface area contributed by atoms with Gasteiger partial charge in [-0.1, -0.05) is 13.0 Å². The molecule has 0 amide bonds. The minimum absolute atomic E-state index is 0.419. The number of hydrogen-bond donors (Lipinski definition) is 2. The summed E-state index contributed by atoms with van der Waals surface area (Å²) in [7, 11) is 0. The number of piperidine rings is 1. The van der Waals surface area contributed by atoms with Crippen molar-refractivity contribution >= 4 is 5.69 Å². The molecule has 0 aliphatic carbocycles. The highest BCUT2D eigenvalue weighted by Crippen LogP contribution is 2.30. The summed E-state index contributed by atoms with van der Waals surface area (Å²) < 4.78 is 0. The van der Waals surface area contributed by atoms with Crippen molar-refractivity contribution in [3.63, 3.8) is 0 Å². The van der Waals surface area contributed by atoms with Gasteiger partial charge in [-0.15, -0.1) is 0 Å². The van der Waals surface area contributed by atoms with Crippen molar-refractivity contribution in [2.75, 3.05) is 25.0 Å². The van der Waals surface area contributed by atoms with Gasteiger partial charge in [0.15, 0.2) is 0 Å². The Morgan fingerprint density at radius 2 is 1.95 bits per heavy atom. The Hall–Kier alpha value is -1.22. The van der Waals surface area contributed by atoms with Gasteiger partial charge in [0.05, 0.1) is 0 Å². The molecule has 0 bridgehead atoms. The quantitative estimate of drug-likeness (QED) is 0.883. The van der Waals surface area contributed by atoms with Crippen LogP contribution in [0.4, 0.5) is 5.69 Å². The van der Waals surface area contributed by atoms with Gasteiger partial charge in [0, 0.05) is 17.3 Å². The van der Waals surface area contributed by atoms with Crippen LogP contribution in [-0.2, 0) is 0 Å². The van der Waals surface area contributed by atoms with Gasteiger partial charge in [-0.2, -0.15) is 0 Å². The smallest absolute Gasteiger partial charge is 0.123 e. The zero-order valence-electron chi connectivity index (χ0n) is 13.2. The first kappa shape index (κ1) is 15.2. The lowest BCUT2D eigenvalue weighted by Gasteiger charge is -2.35. The van der Waals surface area contributed by atoms with Crippen molar-refractivity contribution in [3.8, 4) is 5.75 Å². The molecule has 3 heteroatoms.